The van der Waals surface area contributed by atoms with Crippen LogP contribution in [0.5, 0.6) is 0 Å². The van der Waals surface area contributed by atoms with Crippen molar-refractivity contribution in [3.05, 3.63) is 46.0 Å². The molecule has 1 heterocycles. The molecule has 0 unspecified atom stereocenters. The molecule has 0 aliphatic heterocycles. The minimum absolute atomic E-state index is 0.142. The second kappa shape index (κ2) is 5.50. The standard InChI is InChI=1S/C14H15ClFN3O/c15-11-5-2-6-12(16)10(11)7-19-14(9-3-1-4-9)13(8-20)17-18-19/h2,5-6,9,20H,1,3-4,7-8H2. The summed E-state index contributed by atoms with van der Waals surface area (Å²) in [5, 5.41) is 17.8. The first-order valence-electron chi connectivity index (χ1n) is 6.66. The molecule has 3 rings (SSSR count). The van der Waals surface area contributed by atoms with Crippen LogP contribution in [0.3, 0.4) is 0 Å². The zero-order valence-corrected chi connectivity index (χ0v) is 11.6. The van der Waals surface area contributed by atoms with Crippen molar-refractivity contribution in [2.75, 3.05) is 0 Å². The number of benzene rings is 1. The van der Waals surface area contributed by atoms with Crippen LogP contribution in [0.4, 0.5) is 4.39 Å². The van der Waals surface area contributed by atoms with E-state index in [0.29, 0.717) is 22.2 Å². The second-order valence-electron chi connectivity index (χ2n) is 5.07. The van der Waals surface area contributed by atoms with Crippen LogP contribution in [0.25, 0.3) is 0 Å². The number of rotatable bonds is 4. The van der Waals surface area contributed by atoms with E-state index in [2.05, 4.69) is 10.3 Å². The summed E-state index contributed by atoms with van der Waals surface area (Å²) in [6, 6.07) is 4.62. The first-order chi connectivity index (χ1) is 9.70. The number of nitrogens with zero attached hydrogens (tertiary/aromatic N) is 3. The highest BCUT2D eigenvalue weighted by Gasteiger charge is 2.27. The van der Waals surface area contributed by atoms with E-state index >= 15 is 0 Å². The van der Waals surface area contributed by atoms with E-state index in [9.17, 15) is 9.50 Å². The van der Waals surface area contributed by atoms with Crippen molar-refractivity contribution in [3.8, 4) is 0 Å². The van der Waals surface area contributed by atoms with E-state index in [0.717, 1.165) is 18.5 Å². The topological polar surface area (TPSA) is 50.9 Å². The van der Waals surface area contributed by atoms with Gasteiger partial charge in [-0.1, -0.05) is 29.3 Å². The van der Waals surface area contributed by atoms with Gasteiger partial charge in [0.1, 0.15) is 11.5 Å². The molecule has 0 atom stereocenters. The van der Waals surface area contributed by atoms with Crippen molar-refractivity contribution in [3.63, 3.8) is 0 Å². The Hall–Kier alpha value is -1.46. The first kappa shape index (κ1) is 13.5. The van der Waals surface area contributed by atoms with Gasteiger partial charge in [0.15, 0.2) is 0 Å². The van der Waals surface area contributed by atoms with Gasteiger partial charge in [-0.25, -0.2) is 9.07 Å². The predicted molar refractivity (Wildman–Crippen MR) is 73.0 cm³/mol. The van der Waals surface area contributed by atoms with E-state index in [1.165, 1.54) is 12.5 Å². The van der Waals surface area contributed by atoms with E-state index in [1.807, 2.05) is 0 Å². The highest BCUT2D eigenvalue weighted by Crippen LogP contribution is 2.37. The molecule has 1 aromatic heterocycles. The van der Waals surface area contributed by atoms with Gasteiger partial charge in [0.05, 0.1) is 18.8 Å². The average Bonchev–Trinajstić information content (AvgIpc) is 2.75. The Morgan fingerprint density at radius 1 is 1.40 bits per heavy atom. The van der Waals surface area contributed by atoms with Crippen LogP contribution in [0.2, 0.25) is 5.02 Å². The van der Waals surface area contributed by atoms with Crippen molar-refractivity contribution >= 4 is 11.6 Å². The SMILES string of the molecule is OCc1nnn(Cc2c(F)cccc2Cl)c1C1CCC1. The van der Waals surface area contributed by atoms with Crippen LogP contribution in [0, 0.1) is 5.82 Å². The molecule has 1 aliphatic carbocycles. The molecule has 0 saturated heterocycles. The normalized spacial score (nSPS) is 15.3. The fourth-order valence-electron chi connectivity index (χ4n) is 2.55. The molecule has 20 heavy (non-hydrogen) atoms. The third-order valence-corrected chi connectivity index (χ3v) is 4.21. The molecular weight excluding hydrogens is 281 g/mol. The minimum Gasteiger partial charge on any atom is -0.390 e. The van der Waals surface area contributed by atoms with Gasteiger partial charge < -0.3 is 5.11 Å². The summed E-state index contributed by atoms with van der Waals surface area (Å²) in [5.74, 6) is 0.0100. The molecular formula is C14H15ClFN3O. The lowest BCUT2D eigenvalue weighted by atomic mass is 9.82. The molecule has 1 fully saturated rings. The quantitative estimate of drug-likeness (QED) is 0.943. The Labute approximate surface area is 121 Å². The van der Waals surface area contributed by atoms with Crippen LogP contribution in [0.15, 0.2) is 18.2 Å². The van der Waals surface area contributed by atoms with E-state index in [4.69, 9.17) is 11.6 Å². The first-order valence-corrected chi connectivity index (χ1v) is 7.04. The third kappa shape index (κ3) is 2.31. The summed E-state index contributed by atoms with van der Waals surface area (Å²) in [6.07, 6.45) is 3.29. The van der Waals surface area contributed by atoms with Crippen LogP contribution >= 0.6 is 11.6 Å². The van der Waals surface area contributed by atoms with Crippen molar-refractivity contribution in [2.45, 2.75) is 38.3 Å². The van der Waals surface area contributed by atoms with Crippen molar-refractivity contribution in [1.82, 2.24) is 15.0 Å². The fourth-order valence-corrected chi connectivity index (χ4v) is 2.77. The molecule has 0 radical (unpaired) electrons. The van der Waals surface area contributed by atoms with Crippen LogP contribution in [-0.2, 0) is 13.2 Å². The number of hydrogen-bond donors (Lipinski definition) is 1. The van der Waals surface area contributed by atoms with Gasteiger partial charge in [0.2, 0.25) is 0 Å². The Morgan fingerprint density at radius 3 is 2.80 bits per heavy atom. The summed E-state index contributed by atoms with van der Waals surface area (Å²) in [6.45, 7) is 0.0984. The summed E-state index contributed by atoms with van der Waals surface area (Å²) >= 11 is 6.05. The Bertz CT molecular complexity index is 605. The van der Waals surface area contributed by atoms with Crippen LogP contribution < -0.4 is 0 Å². The maximum atomic E-state index is 13.9. The zero-order chi connectivity index (χ0) is 14.1. The minimum atomic E-state index is -0.349. The fraction of sp³-hybridized carbons (Fsp3) is 0.429. The number of halogens is 2. The summed E-state index contributed by atoms with van der Waals surface area (Å²) in [4.78, 5) is 0. The van der Waals surface area contributed by atoms with Gasteiger partial charge in [0.25, 0.3) is 0 Å². The Kier molecular flexibility index (Phi) is 3.72. The average molecular weight is 296 g/mol. The largest absolute Gasteiger partial charge is 0.390 e. The molecule has 4 nitrogen and oxygen atoms in total. The van der Waals surface area contributed by atoms with Crippen molar-refractivity contribution in [2.24, 2.45) is 0 Å². The molecule has 1 N–H and O–H groups in total. The Morgan fingerprint density at radius 2 is 2.20 bits per heavy atom. The predicted octanol–water partition coefficient (Wildman–Crippen LogP) is 2.88. The molecule has 0 bridgehead atoms. The van der Waals surface area contributed by atoms with Gasteiger partial charge in [-0.2, -0.15) is 0 Å². The molecule has 106 valence electrons. The number of aromatic nitrogens is 3. The highest BCUT2D eigenvalue weighted by molar-refractivity contribution is 6.31. The lowest BCUT2D eigenvalue weighted by molar-refractivity contribution is 0.271. The number of aliphatic hydroxyl groups excluding tert-OH is 1. The lowest BCUT2D eigenvalue weighted by Gasteiger charge is -2.26. The monoisotopic (exact) mass is 295 g/mol. The summed E-state index contributed by atoms with van der Waals surface area (Å²) < 4.78 is 15.5. The van der Waals surface area contributed by atoms with Gasteiger partial charge >= 0.3 is 0 Å². The highest BCUT2D eigenvalue weighted by atomic mass is 35.5. The van der Waals surface area contributed by atoms with Crippen molar-refractivity contribution in [1.29, 1.82) is 0 Å². The van der Waals surface area contributed by atoms with Crippen molar-refractivity contribution < 1.29 is 9.50 Å². The molecule has 6 heteroatoms. The maximum Gasteiger partial charge on any atom is 0.129 e. The lowest BCUT2D eigenvalue weighted by Crippen LogP contribution is -2.18. The second-order valence-corrected chi connectivity index (χ2v) is 5.47. The van der Waals surface area contributed by atoms with E-state index < -0.39 is 0 Å². The number of aliphatic hydroxyl groups is 1. The van der Waals surface area contributed by atoms with E-state index in [-0.39, 0.29) is 19.0 Å². The zero-order valence-electron chi connectivity index (χ0n) is 10.9. The van der Waals surface area contributed by atoms with Gasteiger partial charge in [-0.15, -0.1) is 5.10 Å². The van der Waals surface area contributed by atoms with Crippen LogP contribution in [0.1, 0.15) is 42.1 Å². The van der Waals surface area contributed by atoms with E-state index in [1.54, 1.807) is 16.8 Å². The molecule has 0 spiro atoms. The maximum absolute atomic E-state index is 13.9. The summed E-state index contributed by atoms with van der Waals surface area (Å²) in [7, 11) is 0. The molecule has 2 aromatic rings. The van der Waals surface area contributed by atoms with Gasteiger partial charge in [-0.05, 0) is 25.0 Å². The third-order valence-electron chi connectivity index (χ3n) is 3.86. The molecule has 1 aromatic carbocycles. The summed E-state index contributed by atoms with van der Waals surface area (Å²) in [5.41, 5.74) is 1.91. The smallest absolute Gasteiger partial charge is 0.129 e. The Balaban J connectivity index is 1.96. The van der Waals surface area contributed by atoms with Crippen LogP contribution in [-0.4, -0.2) is 20.1 Å². The van der Waals surface area contributed by atoms with Gasteiger partial charge in [-0.3, -0.25) is 0 Å². The number of hydrogen-bond acceptors (Lipinski definition) is 3. The molecule has 1 saturated carbocycles. The molecule has 1 aliphatic rings. The molecule has 0 amide bonds. The van der Waals surface area contributed by atoms with Gasteiger partial charge in [0, 0.05) is 16.5 Å².